The first-order valence-corrected chi connectivity index (χ1v) is 11.1. The van der Waals surface area contributed by atoms with Crippen LogP contribution in [-0.4, -0.2) is 76.1 Å². The molecule has 1 aliphatic rings. The van der Waals surface area contributed by atoms with Crippen LogP contribution in [0.2, 0.25) is 0 Å². The van der Waals surface area contributed by atoms with Crippen LogP contribution >= 0.6 is 24.0 Å². The number of aromatic nitrogens is 1. The van der Waals surface area contributed by atoms with E-state index in [1.165, 1.54) is 0 Å². The van der Waals surface area contributed by atoms with E-state index in [1.807, 2.05) is 55.7 Å². The van der Waals surface area contributed by atoms with Crippen molar-refractivity contribution in [3.63, 3.8) is 0 Å². The van der Waals surface area contributed by atoms with Crippen molar-refractivity contribution in [3.05, 3.63) is 54.2 Å². The average Bonchev–Trinajstić information content (AvgIpc) is 3.30. The SMILES string of the molecule is CN=C(NCc1ccc(OCCOc2ccccc2)nc1)N1CCC(COCCOC)C1.I. The lowest BCUT2D eigenvalue weighted by Crippen LogP contribution is -2.39. The van der Waals surface area contributed by atoms with Gasteiger partial charge in [-0.1, -0.05) is 24.3 Å². The third-order valence-electron chi connectivity index (χ3n) is 5.18. The quantitative estimate of drug-likeness (QED) is 0.182. The van der Waals surface area contributed by atoms with Crippen LogP contribution in [0.1, 0.15) is 12.0 Å². The molecule has 1 N–H and O–H groups in total. The number of likely N-dealkylation sites (tertiary alicyclic amines) is 1. The van der Waals surface area contributed by atoms with E-state index in [0.717, 1.165) is 43.4 Å². The molecule has 1 unspecified atom stereocenters. The predicted octanol–water partition coefficient (Wildman–Crippen LogP) is 3.22. The second kappa shape index (κ2) is 15.7. The number of pyridine rings is 1. The van der Waals surface area contributed by atoms with Crippen molar-refractivity contribution in [2.45, 2.75) is 13.0 Å². The zero-order chi connectivity index (χ0) is 22.4. The molecule has 9 heteroatoms. The number of rotatable bonds is 12. The lowest BCUT2D eigenvalue weighted by atomic mass is 10.1. The van der Waals surface area contributed by atoms with Gasteiger partial charge in [0.05, 0.1) is 19.8 Å². The van der Waals surface area contributed by atoms with Crippen molar-refractivity contribution in [1.29, 1.82) is 0 Å². The molecule has 0 radical (unpaired) electrons. The minimum atomic E-state index is 0. The predicted molar refractivity (Wildman–Crippen MR) is 140 cm³/mol. The number of aliphatic imine (C=N–C) groups is 1. The summed E-state index contributed by atoms with van der Waals surface area (Å²) in [5, 5.41) is 3.43. The Kier molecular flexibility index (Phi) is 12.9. The zero-order valence-electron chi connectivity index (χ0n) is 19.4. The highest BCUT2D eigenvalue weighted by Gasteiger charge is 2.24. The standard InChI is InChI=1S/C24H34N4O4.HI/c1-25-24(28-11-10-21(18-28)19-30-13-12-29-2)27-17-20-8-9-23(26-16-20)32-15-14-31-22-6-4-3-5-7-22;/h3-9,16,21H,10-15,17-19H2,1-2H3,(H,25,27);1H. The van der Waals surface area contributed by atoms with Crippen molar-refractivity contribution in [1.82, 2.24) is 15.2 Å². The van der Waals surface area contributed by atoms with Gasteiger partial charge >= 0.3 is 0 Å². The molecule has 0 amide bonds. The molecular formula is C24H35IN4O4. The Balaban J connectivity index is 0.00000385. The number of methoxy groups -OCH3 is 1. The number of nitrogens with zero attached hydrogens (tertiary/aromatic N) is 3. The number of para-hydroxylation sites is 1. The first-order valence-electron chi connectivity index (χ1n) is 11.1. The minimum absolute atomic E-state index is 0. The van der Waals surface area contributed by atoms with Gasteiger partial charge in [0.1, 0.15) is 19.0 Å². The number of guanidine groups is 1. The number of benzene rings is 1. The molecule has 8 nitrogen and oxygen atoms in total. The van der Waals surface area contributed by atoms with Gasteiger partial charge in [0, 0.05) is 52.0 Å². The molecule has 0 saturated carbocycles. The summed E-state index contributed by atoms with van der Waals surface area (Å²) in [6.07, 6.45) is 2.93. The van der Waals surface area contributed by atoms with E-state index in [9.17, 15) is 0 Å². The summed E-state index contributed by atoms with van der Waals surface area (Å²) in [6.45, 7) is 5.54. The number of nitrogens with one attached hydrogen (secondary N) is 1. The Labute approximate surface area is 213 Å². The van der Waals surface area contributed by atoms with E-state index in [1.54, 1.807) is 7.11 Å². The van der Waals surface area contributed by atoms with Crippen LogP contribution in [0.5, 0.6) is 11.6 Å². The van der Waals surface area contributed by atoms with Crippen molar-refractivity contribution in [2.75, 3.05) is 60.3 Å². The highest BCUT2D eigenvalue weighted by Crippen LogP contribution is 2.17. The summed E-state index contributed by atoms with van der Waals surface area (Å²) < 4.78 is 22.0. The van der Waals surface area contributed by atoms with Crippen molar-refractivity contribution in [2.24, 2.45) is 10.9 Å². The fourth-order valence-electron chi connectivity index (χ4n) is 3.49. The second-order valence-electron chi connectivity index (χ2n) is 7.58. The molecule has 2 aromatic rings. The molecule has 3 rings (SSSR count). The summed E-state index contributed by atoms with van der Waals surface area (Å²) in [7, 11) is 3.51. The first kappa shape index (κ1) is 27.1. The van der Waals surface area contributed by atoms with Crippen LogP contribution in [0.25, 0.3) is 0 Å². The molecule has 0 spiro atoms. The van der Waals surface area contributed by atoms with Crippen molar-refractivity contribution in [3.8, 4) is 11.6 Å². The van der Waals surface area contributed by atoms with Crippen LogP contribution in [-0.2, 0) is 16.0 Å². The average molecular weight is 570 g/mol. The fraction of sp³-hybridized carbons (Fsp3) is 0.500. The molecule has 0 bridgehead atoms. The number of hydrogen-bond acceptors (Lipinski definition) is 6. The Morgan fingerprint density at radius 2 is 1.91 bits per heavy atom. The van der Waals surface area contributed by atoms with E-state index >= 15 is 0 Å². The van der Waals surface area contributed by atoms with Gasteiger partial charge in [-0.05, 0) is 24.1 Å². The normalized spacial score (nSPS) is 15.8. The molecule has 1 fully saturated rings. The lowest BCUT2D eigenvalue weighted by Gasteiger charge is -2.21. The van der Waals surface area contributed by atoms with Crippen LogP contribution in [0.4, 0.5) is 0 Å². The van der Waals surface area contributed by atoms with E-state index in [4.69, 9.17) is 18.9 Å². The summed E-state index contributed by atoms with van der Waals surface area (Å²) in [5.74, 6) is 2.85. The lowest BCUT2D eigenvalue weighted by molar-refractivity contribution is 0.0536. The molecule has 1 aliphatic heterocycles. The first-order chi connectivity index (χ1) is 15.8. The maximum Gasteiger partial charge on any atom is 0.213 e. The molecular weight excluding hydrogens is 535 g/mol. The molecule has 33 heavy (non-hydrogen) atoms. The van der Waals surface area contributed by atoms with Crippen molar-refractivity contribution >= 4 is 29.9 Å². The Bertz CT molecular complexity index is 808. The van der Waals surface area contributed by atoms with Gasteiger partial charge in [-0.2, -0.15) is 0 Å². The van der Waals surface area contributed by atoms with Crippen LogP contribution in [0.3, 0.4) is 0 Å². The number of hydrogen-bond donors (Lipinski definition) is 1. The Morgan fingerprint density at radius 3 is 2.64 bits per heavy atom. The minimum Gasteiger partial charge on any atom is -0.490 e. The summed E-state index contributed by atoms with van der Waals surface area (Å²) in [4.78, 5) is 11.1. The Morgan fingerprint density at radius 1 is 1.09 bits per heavy atom. The summed E-state index contributed by atoms with van der Waals surface area (Å²) >= 11 is 0. The van der Waals surface area contributed by atoms with Gasteiger partial charge in [0.25, 0.3) is 0 Å². The third-order valence-corrected chi connectivity index (χ3v) is 5.18. The van der Waals surface area contributed by atoms with Gasteiger partial charge < -0.3 is 29.2 Å². The second-order valence-corrected chi connectivity index (χ2v) is 7.58. The molecule has 182 valence electrons. The smallest absolute Gasteiger partial charge is 0.213 e. The third kappa shape index (κ3) is 9.73. The molecule has 1 atom stereocenters. The van der Waals surface area contributed by atoms with Crippen LogP contribution in [0, 0.1) is 5.92 Å². The molecule has 1 aromatic carbocycles. The maximum atomic E-state index is 5.68. The number of ether oxygens (including phenoxy) is 4. The highest BCUT2D eigenvalue weighted by molar-refractivity contribution is 14.0. The van der Waals surface area contributed by atoms with Gasteiger partial charge in [-0.3, -0.25) is 4.99 Å². The number of halogens is 1. The summed E-state index contributed by atoms with van der Waals surface area (Å²) in [6, 6.07) is 13.6. The van der Waals surface area contributed by atoms with Gasteiger partial charge in [-0.25, -0.2) is 4.98 Å². The molecule has 1 saturated heterocycles. The van der Waals surface area contributed by atoms with Gasteiger partial charge in [-0.15, -0.1) is 24.0 Å². The highest BCUT2D eigenvalue weighted by atomic mass is 127. The summed E-state index contributed by atoms with van der Waals surface area (Å²) in [5.41, 5.74) is 1.07. The largest absolute Gasteiger partial charge is 0.490 e. The van der Waals surface area contributed by atoms with E-state index in [0.29, 0.717) is 44.8 Å². The maximum absolute atomic E-state index is 5.68. The van der Waals surface area contributed by atoms with E-state index in [2.05, 4.69) is 20.2 Å². The Hall–Kier alpha value is -2.11. The molecule has 1 aromatic heterocycles. The van der Waals surface area contributed by atoms with Crippen LogP contribution in [0.15, 0.2) is 53.7 Å². The van der Waals surface area contributed by atoms with Crippen LogP contribution < -0.4 is 14.8 Å². The zero-order valence-corrected chi connectivity index (χ0v) is 21.8. The fourth-order valence-corrected chi connectivity index (χ4v) is 3.49. The van der Waals surface area contributed by atoms with Gasteiger partial charge in [0.2, 0.25) is 5.88 Å². The van der Waals surface area contributed by atoms with E-state index < -0.39 is 0 Å². The molecule has 2 heterocycles. The topological polar surface area (TPSA) is 77.4 Å². The van der Waals surface area contributed by atoms with Gasteiger partial charge in [0.15, 0.2) is 5.96 Å². The monoisotopic (exact) mass is 570 g/mol. The van der Waals surface area contributed by atoms with E-state index in [-0.39, 0.29) is 24.0 Å². The van der Waals surface area contributed by atoms with Crippen molar-refractivity contribution < 1.29 is 18.9 Å². The molecule has 0 aliphatic carbocycles.